The summed E-state index contributed by atoms with van der Waals surface area (Å²) < 4.78 is 14.7. The summed E-state index contributed by atoms with van der Waals surface area (Å²) in [6, 6.07) is 15.6. The molecule has 2 aromatic carbocycles. The highest BCUT2D eigenvalue weighted by molar-refractivity contribution is 5.91. The van der Waals surface area contributed by atoms with Crippen LogP contribution in [0.1, 0.15) is 23.1 Å². The SMILES string of the molecule is Cc1cccc(N2NCC3C(=O)NC(n4nc(C)cc4NC(=O)Cc4ccc(F)cc4)NC32)c1. The quantitative estimate of drug-likeness (QED) is 0.461. The zero-order valence-electron chi connectivity index (χ0n) is 18.9. The summed E-state index contributed by atoms with van der Waals surface area (Å²) in [7, 11) is 0. The second kappa shape index (κ2) is 8.88. The number of amides is 2. The number of carbonyl (C=O) groups excluding carboxylic acids is 2. The van der Waals surface area contributed by atoms with Crippen molar-refractivity contribution in [2.75, 3.05) is 16.9 Å². The van der Waals surface area contributed by atoms with Gasteiger partial charge in [0.1, 0.15) is 17.8 Å². The molecule has 5 rings (SSSR count). The van der Waals surface area contributed by atoms with Crippen LogP contribution in [0.4, 0.5) is 15.9 Å². The van der Waals surface area contributed by atoms with Gasteiger partial charge < -0.3 is 10.6 Å². The van der Waals surface area contributed by atoms with Gasteiger partial charge in [-0.2, -0.15) is 5.10 Å². The Morgan fingerprint density at radius 3 is 2.74 bits per heavy atom. The van der Waals surface area contributed by atoms with Gasteiger partial charge >= 0.3 is 0 Å². The normalized spacial score (nSPS) is 21.8. The molecule has 9 nitrogen and oxygen atoms in total. The number of rotatable bonds is 5. The van der Waals surface area contributed by atoms with Gasteiger partial charge in [-0.1, -0.05) is 24.3 Å². The van der Waals surface area contributed by atoms with E-state index in [1.54, 1.807) is 22.9 Å². The molecule has 10 heteroatoms. The van der Waals surface area contributed by atoms with E-state index in [4.69, 9.17) is 0 Å². The lowest BCUT2D eigenvalue weighted by Gasteiger charge is -2.37. The molecule has 2 saturated heterocycles. The van der Waals surface area contributed by atoms with Crippen molar-refractivity contribution < 1.29 is 14.0 Å². The number of nitrogens with one attached hydrogen (secondary N) is 4. The van der Waals surface area contributed by atoms with E-state index in [0.29, 0.717) is 23.6 Å². The van der Waals surface area contributed by atoms with Crippen LogP contribution in [0.3, 0.4) is 0 Å². The molecular formula is C24H26FN7O2. The summed E-state index contributed by atoms with van der Waals surface area (Å²) in [6.07, 6.45) is -0.867. The highest BCUT2D eigenvalue weighted by atomic mass is 19.1. The lowest BCUT2D eigenvalue weighted by atomic mass is 10.0. The van der Waals surface area contributed by atoms with E-state index in [1.807, 2.05) is 37.1 Å². The number of hydrogen-bond acceptors (Lipinski definition) is 6. The molecule has 0 radical (unpaired) electrons. The minimum absolute atomic E-state index is 0.0880. The van der Waals surface area contributed by atoms with Crippen LogP contribution >= 0.6 is 0 Å². The van der Waals surface area contributed by atoms with Crippen LogP contribution in [-0.2, 0) is 16.0 Å². The monoisotopic (exact) mass is 463 g/mol. The third-order valence-corrected chi connectivity index (χ3v) is 6.01. The Morgan fingerprint density at radius 1 is 1.18 bits per heavy atom. The van der Waals surface area contributed by atoms with Gasteiger partial charge in [-0.3, -0.25) is 19.9 Å². The lowest BCUT2D eigenvalue weighted by molar-refractivity contribution is -0.129. The van der Waals surface area contributed by atoms with E-state index in [1.165, 1.54) is 12.1 Å². The van der Waals surface area contributed by atoms with Gasteiger partial charge in [0, 0.05) is 12.6 Å². The summed E-state index contributed by atoms with van der Waals surface area (Å²) in [6.45, 7) is 4.34. The highest BCUT2D eigenvalue weighted by Crippen LogP contribution is 2.28. The van der Waals surface area contributed by atoms with Crippen molar-refractivity contribution in [3.05, 3.63) is 77.2 Å². The van der Waals surface area contributed by atoms with E-state index in [-0.39, 0.29) is 36.1 Å². The first-order valence-electron chi connectivity index (χ1n) is 11.1. The number of hydrogen-bond donors (Lipinski definition) is 4. The maximum atomic E-state index is 13.2. The third kappa shape index (κ3) is 4.37. The van der Waals surface area contributed by atoms with E-state index in [9.17, 15) is 14.0 Å². The Kier molecular flexibility index (Phi) is 5.76. The lowest BCUT2D eigenvalue weighted by Crippen LogP contribution is -2.61. The minimum atomic E-state index is -0.657. The zero-order valence-corrected chi connectivity index (χ0v) is 18.9. The number of halogens is 1. The van der Waals surface area contributed by atoms with Crippen molar-refractivity contribution in [3.63, 3.8) is 0 Å². The Bertz CT molecular complexity index is 1230. The average molecular weight is 464 g/mol. The Hall–Kier alpha value is -3.76. The predicted molar refractivity (Wildman–Crippen MR) is 125 cm³/mol. The van der Waals surface area contributed by atoms with Gasteiger partial charge in [0.05, 0.1) is 23.7 Å². The second-order valence-corrected chi connectivity index (χ2v) is 8.67. The number of anilines is 2. The molecule has 2 fully saturated rings. The molecule has 3 atom stereocenters. The number of carbonyl (C=O) groups is 2. The van der Waals surface area contributed by atoms with Crippen molar-refractivity contribution in [3.8, 4) is 0 Å². The Balaban J connectivity index is 1.35. The molecule has 0 aliphatic carbocycles. The molecule has 3 aromatic rings. The smallest absolute Gasteiger partial charge is 0.230 e. The van der Waals surface area contributed by atoms with Crippen molar-refractivity contribution in [1.82, 2.24) is 25.8 Å². The molecular weight excluding hydrogens is 437 g/mol. The van der Waals surface area contributed by atoms with Gasteiger partial charge in [-0.05, 0) is 49.2 Å². The second-order valence-electron chi connectivity index (χ2n) is 8.67. The van der Waals surface area contributed by atoms with Crippen LogP contribution in [0, 0.1) is 25.6 Å². The number of benzene rings is 2. The summed E-state index contributed by atoms with van der Waals surface area (Å²) in [4.78, 5) is 25.6. The fourth-order valence-electron chi connectivity index (χ4n) is 4.40. The largest absolute Gasteiger partial charge is 0.321 e. The maximum Gasteiger partial charge on any atom is 0.230 e. The number of aromatic nitrogens is 2. The fraction of sp³-hybridized carbons (Fsp3) is 0.292. The number of hydrazine groups is 1. The molecule has 2 amide bonds. The summed E-state index contributed by atoms with van der Waals surface area (Å²) in [5, 5.41) is 15.7. The first-order chi connectivity index (χ1) is 16.4. The predicted octanol–water partition coefficient (Wildman–Crippen LogP) is 1.96. The summed E-state index contributed by atoms with van der Waals surface area (Å²) in [5.74, 6) is -0.555. The molecule has 1 aromatic heterocycles. The van der Waals surface area contributed by atoms with E-state index < -0.39 is 6.29 Å². The summed E-state index contributed by atoms with van der Waals surface area (Å²) >= 11 is 0. The topological polar surface area (TPSA) is 103 Å². The van der Waals surface area contributed by atoms with Crippen molar-refractivity contribution in [2.24, 2.45) is 5.92 Å². The zero-order chi connectivity index (χ0) is 23.8. The van der Waals surface area contributed by atoms with Crippen molar-refractivity contribution in [2.45, 2.75) is 32.7 Å². The molecule has 3 unspecified atom stereocenters. The number of aryl methyl sites for hydroxylation is 2. The summed E-state index contributed by atoms with van der Waals surface area (Å²) in [5.41, 5.74) is 6.77. The van der Waals surface area contributed by atoms with Crippen LogP contribution in [0.5, 0.6) is 0 Å². The molecule has 176 valence electrons. The third-order valence-electron chi connectivity index (χ3n) is 6.01. The molecule has 2 aliphatic rings. The van der Waals surface area contributed by atoms with Crippen molar-refractivity contribution >= 4 is 23.3 Å². The average Bonchev–Trinajstić information content (AvgIpc) is 3.39. The first-order valence-corrected chi connectivity index (χ1v) is 11.1. The van der Waals surface area contributed by atoms with Crippen molar-refractivity contribution in [1.29, 1.82) is 0 Å². The standard InChI is InChI=1S/C24H26FN7O2/c1-14-4-3-5-18(10-14)31-22-19(13-26-31)23(34)29-24(28-22)32-20(11-15(2)30-32)27-21(33)12-16-6-8-17(25)9-7-16/h3-11,19,22,24,26,28H,12-13H2,1-2H3,(H,27,33)(H,29,34). The first kappa shape index (κ1) is 22.1. The van der Waals surface area contributed by atoms with Crippen LogP contribution in [0.25, 0.3) is 0 Å². The van der Waals surface area contributed by atoms with Crippen LogP contribution in [-0.4, -0.2) is 34.3 Å². The Morgan fingerprint density at radius 2 is 1.97 bits per heavy atom. The molecule has 0 bridgehead atoms. The van der Waals surface area contributed by atoms with Gasteiger partial charge in [0.25, 0.3) is 0 Å². The molecule has 4 N–H and O–H groups in total. The molecule has 34 heavy (non-hydrogen) atoms. The Labute approximate surface area is 196 Å². The fourth-order valence-corrected chi connectivity index (χ4v) is 4.40. The van der Waals surface area contributed by atoms with Gasteiger partial charge in [-0.15, -0.1) is 0 Å². The van der Waals surface area contributed by atoms with Crippen LogP contribution in [0.15, 0.2) is 54.6 Å². The van der Waals surface area contributed by atoms with Gasteiger partial charge in [0.15, 0.2) is 6.29 Å². The molecule has 0 spiro atoms. The van der Waals surface area contributed by atoms with E-state index in [2.05, 4.69) is 32.5 Å². The minimum Gasteiger partial charge on any atom is -0.321 e. The number of nitrogens with zero attached hydrogens (tertiary/aromatic N) is 3. The van der Waals surface area contributed by atoms with E-state index >= 15 is 0 Å². The highest BCUT2D eigenvalue weighted by Gasteiger charge is 2.45. The molecule has 0 saturated carbocycles. The van der Waals surface area contributed by atoms with Crippen LogP contribution < -0.4 is 26.4 Å². The van der Waals surface area contributed by atoms with Gasteiger partial charge in [-0.25, -0.2) is 14.5 Å². The molecule has 3 heterocycles. The van der Waals surface area contributed by atoms with Gasteiger partial charge in [0.2, 0.25) is 11.8 Å². The number of fused-ring (bicyclic) bond motifs is 1. The van der Waals surface area contributed by atoms with Crippen LogP contribution in [0.2, 0.25) is 0 Å². The maximum absolute atomic E-state index is 13.2. The van der Waals surface area contributed by atoms with E-state index in [0.717, 1.165) is 11.3 Å². The molecule has 2 aliphatic heterocycles.